The van der Waals surface area contributed by atoms with E-state index in [0.29, 0.717) is 71.2 Å². The number of hydrogen-bond donors (Lipinski definition) is 0. The number of benzene rings is 1. The van der Waals surface area contributed by atoms with Crippen molar-refractivity contribution in [1.29, 1.82) is 0 Å². The Morgan fingerprint density at radius 1 is 1.20 bits per heavy atom. The quantitative estimate of drug-likeness (QED) is 0.256. The third-order valence-corrected chi connectivity index (χ3v) is 9.80. The standard InChI is InChI=1S/C32H36FN5O6S/c1-20-26-27(39)38(32(2,3)30(40)35-13-5-6-14-35)31(41)36(29(26)45-28(20)37-15-7-12-34-37)19-25(44-22-10-16-43-17-11-22)23-18-21(33)8-9-24(23)42-4/h5-9,12,15,18,22,25H,10-11,13-14,16-17,19H2,1-4H3. The molecule has 0 bridgehead atoms. The number of rotatable bonds is 9. The van der Waals surface area contributed by atoms with Gasteiger partial charge in [-0.1, -0.05) is 23.5 Å². The van der Waals surface area contributed by atoms with Crippen LogP contribution in [0.4, 0.5) is 4.39 Å². The molecule has 3 aromatic heterocycles. The fourth-order valence-corrected chi connectivity index (χ4v) is 7.35. The molecule has 13 heteroatoms. The monoisotopic (exact) mass is 637 g/mol. The maximum Gasteiger partial charge on any atom is 0.333 e. The Kier molecular flexibility index (Phi) is 8.51. The second kappa shape index (κ2) is 12.4. The largest absolute Gasteiger partial charge is 0.496 e. The molecule has 6 rings (SSSR count). The summed E-state index contributed by atoms with van der Waals surface area (Å²) in [6, 6.07) is 5.96. The number of thiophene rings is 1. The first-order valence-corrected chi connectivity index (χ1v) is 15.7. The van der Waals surface area contributed by atoms with Crippen molar-refractivity contribution in [2.45, 2.75) is 57.9 Å². The van der Waals surface area contributed by atoms with E-state index in [0.717, 1.165) is 4.57 Å². The number of halogens is 1. The van der Waals surface area contributed by atoms with E-state index in [1.807, 2.05) is 12.2 Å². The lowest BCUT2D eigenvalue weighted by Crippen LogP contribution is -2.56. The van der Waals surface area contributed by atoms with Crippen molar-refractivity contribution in [2.75, 3.05) is 33.4 Å². The first-order chi connectivity index (χ1) is 21.6. The van der Waals surface area contributed by atoms with E-state index in [1.54, 1.807) is 48.8 Å². The summed E-state index contributed by atoms with van der Waals surface area (Å²) in [6.45, 7) is 6.76. The van der Waals surface area contributed by atoms with Gasteiger partial charge in [0.05, 0.1) is 25.1 Å². The molecule has 0 aliphatic carbocycles. The minimum Gasteiger partial charge on any atom is -0.496 e. The van der Waals surface area contributed by atoms with Crippen LogP contribution in [-0.4, -0.2) is 69.2 Å². The number of methoxy groups -OCH3 is 1. The predicted molar refractivity (Wildman–Crippen MR) is 168 cm³/mol. The van der Waals surface area contributed by atoms with Gasteiger partial charge in [-0.25, -0.2) is 18.4 Å². The number of carbonyl (C=O) groups excluding carboxylic acids is 1. The Hall–Kier alpha value is -4.07. The van der Waals surface area contributed by atoms with Gasteiger partial charge in [-0.3, -0.25) is 14.2 Å². The Bertz CT molecular complexity index is 1860. The summed E-state index contributed by atoms with van der Waals surface area (Å²) >= 11 is 1.25. The first kappa shape index (κ1) is 30.9. The number of aryl methyl sites for hydroxylation is 1. The van der Waals surface area contributed by atoms with E-state index in [-0.39, 0.29) is 18.6 Å². The second-order valence-electron chi connectivity index (χ2n) is 11.8. The van der Waals surface area contributed by atoms with Gasteiger partial charge in [0.1, 0.15) is 33.0 Å². The van der Waals surface area contributed by atoms with Crippen LogP contribution >= 0.6 is 11.3 Å². The number of carbonyl (C=O) groups is 1. The van der Waals surface area contributed by atoms with E-state index in [9.17, 15) is 18.8 Å². The molecule has 2 aliphatic rings. The number of hydrogen-bond acceptors (Lipinski definition) is 8. The highest BCUT2D eigenvalue weighted by Crippen LogP contribution is 2.36. The SMILES string of the molecule is COc1ccc(F)cc1C(Cn1c(=O)n(C(C)(C)C(=O)N2CC=CC2)c(=O)c2c(C)c(-n3cccn3)sc21)OC1CCOCC1. The molecule has 0 saturated carbocycles. The van der Waals surface area contributed by atoms with E-state index in [1.165, 1.54) is 41.2 Å². The van der Waals surface area contributed by atoms with Crippen LogP contribution in [0.25, 0.3) is 15.2 Å². The summed E-state index contributed by atoms with van der Waals surface area (Å²) in [4.78, 5) is 44.7. The van der Waals surface area contributed by atoms with Gasteiger partial charge in [0.25, 0.3) is 5.56 Å². The van der Waals surface area contributed by atoms with Crippen molar-refractivity contribution in [1.82, 2.24) is 23.8 Å². The van der Waals surface area contributed by atoms with Crippen LogP contribution in [0.15, 0.2) is 58.4 Å². The third-order valence-electron chi connectivity index (χ3n) is 8.50. The summed E-state index contributed by atoms with van der Waals surface area (Å²) in [5.41, 5.74) is -1.68. The maximum atomic E-state index is 14.7. The van der Waals surface area contributed by atoms with Crippen molar-refractivity contribution in [3.05, 3.63) is 86.6 Å². The average Bonchev–Trinajstić information content (AvgIpc) is 3.81. The molecule has 2 aliphatic heterocycles. The summed E-state index contributed by atoms with van der Waals surface area (Å²) in [5, 5.41) is 5.33. The van der Waals surface area contributed by atoms with Gasteiger partial charge in [0.15, 0.2) is 0 Å². The van der Waals surface area contributed by atoms with Crippen molar-refractivity contribution in [2.24, 2.45) is 0 Å². The Morgan fingerprint density at radius 2 is 1.93 bits per heavy atom. The molecule has 5 heterocycles. The molecule has 0 N–H and O–H groups in total. The molecular weight excluding hydrogens is 601 g/mol. The van der Waals surface area contributed by atoms with Crippen LogP contribution in [-0.2, 0) is 26.4 Å². The molecular formula is C32H36FN5O6S. The van der Waals surface area contributed by atoms with Gasteiger partial charge in [-0.2, -0.15) is 5.10 Å². The first-order valence-electron chi connectivity index (χ1n) is 14.9. The summed E-state index contributed by atoms with van der Waals surface area (Å²) < 4.78 is 36.6. The summed E-state index contributed by atoms with van der Waals surface area (Å²) in [5.74, 6) is -0.421. The van der Waals surface area contributed by atoms with Crippen LogP contribution in [0.2, 0.25) is 0 Å². The smallest absolute Gasteiger partial charge is 0.333 e. The van der Waals surface area contributed by atoms with E-state index >= 15 is 0 Å². The topological polar surface area (TPSA) is 110 Å². The zero-order valence-corrected chi connectivity index (χ0v) is 26.5. The van der Waals surface area contributed by atoms with Gasteiger partial charge in [-0.15, -0.1) is 0 Å². The molecule has 11 nitrogen and oxygen atoms in total. The molecule has 1 atom stereocenters. The molecule has 1 fully saturated rings. The van der Waals surface area contributed by atoms with Gasteiger partial charge in [0.2, 0.25) is 5.91 Å². The lowest BCUT2D eigenvalue weighted by atomic mass is 10.0. The summed E-state index contributed by atoms with van der Waals surface area (Å²) in [6.07, 6.45) is 7.37. The molecule has 1 aromatic carbocycles. The zero-order chi connectivity index (χ0) is 31.9. The number of amides is 1. The minimum atomic E-state index is -1.51. The number of fused-ring (bicyclic) bond motifs is 1. The van der Waals surface area contributed by atoms with Crippen LogP contribution < -0.4 is 16.0 Å². The fourth-order valence-electron chi connectivity index (χ4n) is 6.10. The summed E-state index contributed by atoms with van der Waals surface area (Å²) in [7, 11) is 1.49. The molecule has 1 amide bonds. The van der Waals surface area contributed by atoms with E-state index < -0.39 is 28.7 Å². The van der Waals surface area contributed by atoms with Crippen LogP contribution in [0, 0.1) is 12.7 Å². The maximum absolute atomic E-state index is 14.7. The van der Waals surface area contributed by atoms with Gasteiger partial charge in [-0.05, 0) is 57.9 Å². The van der Waals surface area contributed by atoms with Gasteiger partial charge < -0.3 is 19.1 Å². The molecule has 1 unspecified atom stereocenters. The van der Waals surface area contributed by atoms with E-state index in [2.05, 4.69) is 5.10 Å². The van der Waals surface area contributed by atoms with Gasteiger partial charge >= 0.3 is 5.69 Å². The van der Waals surface area contributed by atoms with Crippen LogP contribution in [0.1, 0.15) is 43.9 Å². The molecule has 1 saturated heterocycles. The van der Waals surface area contributed by atoms with Gasteiger partial charge in [0, 0.05) is 49.8 Å². The number of nitrogens with zero attached hydrogens (tertiary/aromatic N) is 5. The average molecular weight is 638 g/mol. The zero-order valence-electron chi connectivity index (χ0n) is 25.7. The van der Waals surface area contributed by atoms with Crippen LogP contribution in [0.3, 0.4) is 0 Å². The minimum absolute atomic E-state index is 0.0686. The van der Waals surface area contributed by atoms with Crippen molar-refractivity contribution in [3.63, 3.8) is 0 Å². The third kappa shape index (κ3) is 5.64. The number of ether oxygens (including phenoxy) is 3. The fraction of sp³-hybridized carbons (Fsp3) is 0.438. The Morgan fingerprint density at radius 3 is 2.60 bits per heavy atom. The normalized spacial score (nSPS) is 16.5. The Labute approximate surface area is 263 Å². The van der Waals surface area contributed by atoms with Crippen molar-refractivity contribution in [3.8, 4) is 10.8 Å². The van der Waals surface area contributed by atoms with E-state index in [4.69, 9.17) is 14.2 Å². The van der Waals surface area contributed by atoms with Crippen LogP contribution in [0.5, 0.6) is 5.75 Å². The van der Waals surface area contributed by atoms with Crippen molar-refractivity contribution < 1.29 is 23.4 Å². The predicted octanol–water partition coefficient (Wildman–Crippen LogP) is 3.94. The lowest BCUT2D eigenvalue weighted by molar-refractivity contribution is -0.138. The highest BCUT2D eigenvalue weighted by molar-refractivity contribution is 7.21. The Balaban J connectivity index is 1.57. The highest BCUT2D eigenvalue weighted by atomic mass is 32.1. The molecule has 4 aromatic rings. The lowest BCUT2D eigenvalue weighted by Gasteiger charge is -2.32. The number of aromatic nitrogens is 4. The second-order valence-corrected chi connectivity index (χ2v) is 12.7. The molecule has 238 valence electrons. The molecule has 0 spiro atoms. The molecule has 45 heavy (non-hydrogen) atoms. The van der Waals surface area contributed by atoms with Crippen molar-refractivity contribution >= 4 is 27.5 Å². The molecule has 0 radical (unpaired) electrons. The highest BCUT2D eigenvalue weighted by Gasteiger charge is 2.39.